The molecule has 0 radical (unpaired) electrons. The van der Waals surface area contributed by atoms with E-state index >= 15 is 0 Å². The van der Waals surface area contributed by atoms with E-state index in [0.29, 0.717) is 17.2 Å². The first-order valence-electron chi connectivity index (χ1n) is 16.5. The van der Waals surface area contributed by atoms with Gasteiger partial charge < -0.3 is 4.42 Å². The maximum Gasteiger partial charge on any atom is 0.180 e. The SMILES string of the molecule is c1ccc(-c2cc(-c3ccc4sc5c(-c6nc(-c7ccccc7)c7oc8ccccc8c7n6)cccc5c4c3)nc(-c3ccccc3)n2)cc1. The smallest absolute Gasteiger partial charge is 0.180 e. The van der Waals surface area contributed by atoms with Gasteiger partial charge in [0, 0.05) is 53.4 Å². The van der Waals surface area contributed by atoms with Crippen LogP contribution in [0.5, 0.6) is 0 Å². The van der Waals surface area contributed by atoms with E-state index in [-0.39, 0.29) is 0 Å². The van der Waals surface area contributed by atoms with Crippen LogP contribution in [0.25, 0.3) is 98.8 Å². The lowest BCUT2D eigenvalue weighted by molar-refractivity contribution is 0.667. The summed E-state index contributed by atoms with van der Waals surface area (Å²) in [4.78, 5) is 20.4. The molecule has 0 spiro atoms. The van der Waals surface area contributed by atoms with Crippen molar-refractivity contribution >= 4 is 53.6 Å². The van der Waals surface area contributed by atoms with Crippen molar-refractivity contribution in [3.63, 3.8) is 0 Å². The number of rotatable bonds is 5. The number of aromatic nitrogens is 4. The summed E-state index contributed by atoms with van der Waals surface area (Å²) < 4.78 is 8.69. The number of nitrogens with zero attached hydrogens (tertiary/aromatic N) is 4. The van der Waals surface area contributed by atoms with Crippen LogP contribution in [0.4, 0.5) is 0 Å². The van der Waals surface area contributed by atoms with Gasteiger partial charge in [-0.25, -0.2) is 19.9 Å². The van der Waals surface area contributed by atoms with Crippen LogP contribution in [0.3, 0.4) is 0 Å². The maximum absolute atomic E-state index is 6.36. The Morgan fingerprint density at radius 3 is 1.88 bits per heavy atom. The van der Waals surface area contributed by atoms with Crippen molar-refractivity contribution in [1.82, 2.24) is 19.9 Å². The zero-order valence-electron chi connectivity index (χ0n) is 26.6. The zero-order chi connectivity index (χ0) is 33.0. The Hall–Kier alpha value is -6.50. The monoisotopic (exact) mass is 658 g/mol. The average molecular weight is 659 g/mol. The van der Waals surface area contributed by atoms with Crippen molar-refractivity contribution in [1.29, 1.82) is 0 Å². The molecule has 0 aliphatic rings. The fourth-order valence-corrected chi connectivity index (χ4v) is 7.90. The summed E-state index contributed by atoms with van der Waals surface area (Å²) in [7, 11) is 0. The number of fused-ring (bicyclic) bond motifs is 6. The molecule has 0 fully saturated rings. The van der Waals surface area contributed by atoms with Gasteiger partial charge in [-0.2, -0.15) is 0 Å². The lowest BCUT2D eigenvalue weighted by Gasteiger charge is -2.09. The maximum atomic E-state index is 6.36. The van der Waals surface area contributed by atoms with Crippen LogP contribution in [0.1, 0.15) is 0 Å². The van der Waals surface area contributed by atoms with E-state index < -0.39 is 0 Å². The summed E-state index contributed by atoms with van der Waals surface area (Å²) >= 11 is 1.76. The van der Waals surface area contributed by atoms with Crippen LogP contribution >= 0.6 is 11.3 Å². The van der Waals surface area contributed by atoms with Crippen molar-refractivity contribution in [3.05, 3.63) is 158 Å². The molecule has 50 heavy (non-hydrogen) atoms. The van der Waals surface area contributed by atoms with Gasteiger partial charge >= 0.3 is 0 Å². The second-order valence-electron chi connectivity index (χ2n) is 12.2. The van der Waals surface area contributed by atoms with E-state index in [9.17, 15) is 0 Å². The van der Waals surface area contributed by atoms with E-state index in [2.05, 4.69) is 84.9 Å². The number of hydrogen-bond donors (Lipinski definition) is 0. The third-order valence-electron chi connectivity index (χ3n) is 9.13. The van der Waals surface area contributed by atoms with Gasteiger partial charge in [0.05, 0.1) is 11.4 Å². The fraction of sp³-hybridized carbons (Fsp3) is 0. The Morgan fingerprint density at radius 2 is 1.10 bits per heavy atom. The zero-order valence-corrected chi connectivity index (χ0v) is 27.4. The highest BCUT2D eigenvalue weighted by Gasteiger charge is 2.20. The summed E-state index contributed by atoms with van der Waals surface area (Å²) in [6.07, 6.45) is 0. The van der Waals surface area contributed by atoms with Gasteiger partial charge in [0.2, 0.25) is 0 Å². The summed E-state index contributed by atoms with van der Waals surface area (Å²) in [5.74, 6) is 1.38. The van der Waals surface area contributed by atoms with Gasteiger partial charge in [-0.15, -0.1) is 11.3 Å². The highest BCUT2D eigenvalue weighted by Crippen LogP contribution is 2.42. The Kier molecular flexibility index (Phi) is 6.60. The minimum atomic E-state index is 0.677. The summed E-state index contributed by atoms with van der Waals surface area (Å²) in [6, 6.07) is 53.8. The fourth-order valence-electron chi connectivity index (χ4n) is 6.71. The normalized spacial score (nSPS) is 11.6. The third-order valence-corrected chi connectivity index (χ3v) is 10.3. The Morgan fingerprint density at radius 1 is 0.440 bits per heavy atom. The first-order valence-corrected chi connectivity index (χ1v) is 17.3. The van der Waals surface area contributed by atoms with Crippen LogP contribution in [-0.2, 0) is 0 Å². The molecule has 0 amide bonds. The molecule has 10 rings (SSSR count). The highest BCUT2D eigenvalue weighted by molar-refractivity contribution is 7.26. The number of benzene rings is 6. The van der Waals surface area contributed by atoms with E-state index in [4.69, 9.17) is 24.4 Å². The van der Waals surface area contributed by atoms with E-state index in [1.54, 1.807) is 11.3 Å². The standard InChI is InChI=1S/C44H26N4OS/c1-4-13-27(14-5-1)35-26-36(46-43(45-35)29-17-8-3-9-18-29)30-23-24-38-34(25-30)31-20-12-21-33(42(31)50-38)44-47-39(28-15-6-2-7-16-28)41-40(48-44)32-19-10-11-22-37(32)49-41/h1-26H. The van der Waals surface area contributed by atoms with E-state index in [1.165, 1.54) is 10.1 Å². The number of thiophene rings is 1. The molecule has 5 nitrogen and oxygen atoms in total. The Labute approximate surface area is 291 Å². The molecule has 0 unspecified atom stereocenters. The number of hydrogen-bond acceptors (Lipinski definition) is 6. The van der Waals surface area contributed by atoms with Crippen molar-refractivity contribution in [2.75, 3.05) is 0 Å². The lowest BCUT2D eigenvalue weighted by atomic mass is 10.0. The van der Waals surface area contributed by atoms with Crippen LogP contribution < -0.4 is 0 Å². The molecule has 0 N–H and O–H groups in total. The Balaban J connectivity index is 1.16. The van der Waals surface area contributed by atoms with Crippen molar-refractivity contribution < 1.29 is 4.42 Å². The molecule has 0 bridgehead atoms. The molecule has 10 aromatic rings. The molecule has 0 saturated heterocycles. The molecule has 0 saturated carbocycles. The average Bonchev–Trinajstić information content (AvgIpc) is 3.76. The van der Waals surface area contributed by atoms with Gasteiger partial charge in [0.25, 0.3) is 0 Å². The number of furan rings is 1. The van der Waals surface area contributed by atoms with Crippen molar-refractivity contribution in [2.24, 2.45) is 0 Å². The van der Waals surface area contributed by atoms with Gasteiger partial charge in [-0.05, 0) is 36.4 Å². The predicted octanol–water partition coefficient (Wildman–Crippen LogP) is 11.9. The van der Waals surface area contributed by atoms with Gasteiger partial charge in [-0.3, -0.25) is 0 Å². The van der Waals surface area contributed by atoms with Crippen LogP contribution in [-0.4, -0.2) is 19.9 Å². The summed E-state index contributed by atoms with van der Waals surface area (Å²) in [5, 5.41) is 3.31. The predicted molar refractivity (Wildman–Crippen MR) is 205 cm³/mol. The molecule has 4 heterocycles. The molecule has 6 heteroatoms. The first kappa shape index (κ1) is 28.5. The van der Waals surface area contributed by atoms with Crippen molar-refractivity contribution in [3.8, 4) is 56.5 Å². The molecular formula is C44H26N4OS. The molecule has 6 aromatic carbocycles. The van der Waals surface area contributed by atoms with Crippen LogP contribution in [0, 0.1) is 0 Å². The molecule has 234 valence electrons. The second kappa shape index (κ2) is 11.6. The largest absolute Gasteiger partial charge is 0.452 e. The molecule has 0 atom stereocenters. The molecular weight excluding hydrogens is 633 g/mol. The molecule has 0 aliphatic carbocycles. The quantitative estimate of drug-likeness (QED) is 0.184. The van der Waals surface area contributed by atoms with Crippen LogP contribution in [0.2, 0.25) is 0 Å². The highest BCUT2D eigenvalue weighted by atomic mass is 32.1. The second-order valence-corrected chi connectivity index (χ2v) is 13.3. The summed E-state index contributed by atoms with van der Waals surface area (Å²) in [5.41, 5.74) is 9.92. The minimum absolute atomic E-state index is 0.677. The van der Waals surface area contributed by atoms with Gasteiger partial charge in [0.15, 0.2) is 17.2 Å². The van der Waals surface area contributed by atoms with Gasteiger partial charge in [-0.1, -0.05) is 121 Å². The van der Waals surface area contributed by atoms with E-state index in [1.807, 2.05) is 72.8 Å². The first-order chi connectivity index (χ1) is 24.8. The van der Waals surface area contributed by atoms with Gasteiger partial charge in [0.1, 0.15) is 16.8 Å². The lowest BCUT2D eigenvalue weighted by Crippen LogP contribution is -1.95. The topological polar surface area (TPSA) is 64.7 Å². The summed E-state index contributed by atoms with van der Waals surface area (Å²) in [6.45, 7) is 0. The molecule has 4 aromatic heterocycles. The molecule has 0 aliphatic heterocycles. The minimum Gasteiger partial charge on any atom is -0.452 e. The van der Waals surface area contributed by atoms with Crippen LogP contribution in [0.15, 0.2) is 162 Å². The van der Waals surface area contributed by atoms with E-state index in [0.717, 1.165) is 71.5 Å². The van der Waals surface area contributed by atoms with Crippen molar-refractivity contribution in [2.45, 2.75) is 0 Å². The number of para-hydroxylation sites is 1. The third kappa shape index (κ3) is 4.77. The Bertz CT molecular complexity index is 2810.